The van der Waals surface area contributed by atoms with Crippen LogP contribution in [0, 0.1) is 20.8 Å². The lowest BCUT2D eigenvalue weighted by Gasteiger charge is -2.23. The summed E-state index contributed by atoms with van der Waals surface area (Å²) in [4.78, 5) is 4.96. The van der Waals surface area contributed by atoms with Crippen LogP contribution < -0.4 is 15.9 Å². The maximum absolute atomic E-state index is 4.96. The average Bonchev–Trinajstić information content (AvgIpc) is 3.57. The van der Waals surface area contributed by atoms with E-state index in [1.165, 1.54) is 68.7 Å². The molecule has 0 radical (unpaired) electrons. The quantitative estimate of drug-likeness (QED) is 0.117. The van der Waals surface area contributed by atoms with Crippen molar-refractivity contribution in [2.45, 2.75) is 93.9 Å². The predicted octanol–water partition coefficient (Wildman–Crippen LogP) is 11.8. The summed E-state index contributed by atoms with van der Waals surface area (Å²) in [5.74, 6) is 1.46. The van der Waals surface area contributed by atoms with Gasteiger partial charge in [0.1, 0.15) is 5.82 Å². The van der Waals surface area contributed by atoms with E-state index < -0.39 is 7.92 Å². The third kappa shape index (κ3) is 9.88. The first-order chi connectivity index (χ1) is 22.4. The highest BCUT2D eigenvalue weighted by molar-refractivity contribution is 7.79. The van der Waals surface area contributed by atoms with Crippen molar-refractivity contribution < 1.29 is 0 Å². The van der Waals surface area contributed by atoms with Gasteiger partial charge in [-0.1, -0.05) is 151 Å². The van der Waals surface area contributed by atoms with E-state index in [2.05, 4.69) is 163 Å². The molecular weight excluding hydrogens is 575 g/mol. The number of rotatable bonds is 9. The number of aromatic nitrogens is 2. The van der Waals surface area contributed by atoms with Gasteiger partial charge in [-0.3, -0.25) is 4.57 Å². The second kappa shape index (κ2) is 20.4. The SMILES string of the molecule is C=C.CC.CCC(C)c1ccc(P(c2ccccc2)c2ccccc2)cc1-c1nccn1-c1c(C)cc(C)cc1C.CCCCC. The van der Waals surface area contributed by atoms with Crippen molar-refractivity contribution >= 4 is 23.8 Å². The summed E-state index contributed by atoms with van der Waals surface area (Å²) in [6.45, 7) is 25.6. The molecule has 0 fully saturated rings. The molecule has 0 saturated heterocycles. The summed E-state index contributed by atoms with van der Waals surface area (Å²) in [7, 11) is -0.692. The molecule has 3 heteroatoms. The summed E-state index contributed by atoms with van der Waals surface area (Å²) in [5, 5.41) is 4.07. The van der Waals surface area contributed by atoms with Crippen molar-refractivity contribution in [2.24, 2.45) is 0 Å². The Balaban J connectivity index is 0.000000736. The summed E-state index contributed by atoms with van der Waals surface area (Å²) < 4.78 is 2.29. The van der Waals surface area contributed by atoms with Gasteiger partial charge in [0, 0.05) is 18.0 Å². The zero-order valence-corrected chi connectivity index (χ0v) is 30.9. The first-order valence-electron chi connectivity index (χ1n) is 17.1. The molecule has 46 heavy (non-hydrogen) atoms. The smallest absolute Gasteiger partial charge is 0.144 e. The van der Waals surface area contributed by atoms with E-state index >= 15 is 0 Å². The average molecular weight is 633 g/mol. The highest BCUT2D eigenvalue weighted by atomic mass is 31.1. The molecular formula is C43H57N2P. The number of imidazole rings is 1. The zero-order chi connectivity index (χ0) is 34.1. The molecule has 0 N–H and O–H groups in total. The number of unbranched alkanes of at least 4 members (excludes halogenated alkanes) is 2. The van der Waals surface area contributed by atoms with Gasteiger partial charge in [0.15, 0.2) is 0 Å². The normalized spacial score (nSPS) is 10.9. The minimum atomic E-state index is -0.692. The topological polar surface area (TPSA) is 17.8 Å². The van der Waals surface area contributed by atoms with Crippen LogP contribution in [0.15, 0.2) is 117 Å². The van der Waals surface area contributed by atoms with E-state index in [0.29, 0.717) is 5.92 Å². The summed E-state index contributed by atoms with van der Waals surface area (Å²) >= 11 is 0. The summed E-state index contributed by atoms with van der Waals surface area (Å²) in [5.41, 5.74) is 7.65. The minimum absolute atomic E-state index is 0.439. The molecule has 2 nitrogen and oxygen atoms in total. The van der Waals surface area contributed by atoms with Crippen LogP contribution in [-0.2, 0) is 0 Å². The molecule has 0 aliphatic carbocycles. The summed E-state index contributed by atoms with van der Waals surface area (Å²) in [6, 6.07) is 33.5. The molecule has 0 saturated carbocycles. The lowest BCUT2D eigenvalue weighted by Crippen LogP contribution is -2.21. The number of hydrogen-bond donors (Lipinski definition) is 0. The molecule has 244 valence electrons. The fourth-order valence-electron chi connectivity index (χ4n) is 5.72. The van der Waals surface area contributed by atoms with Crippen LogP contribution in [-0.4, -0.2) is 9.55 Å². The van der Waals surface area contributed by atoms with E-state index in [1.54, 1.807) is 0 Å². The van der Waals surface area contributed by atoms with E-state index in [9.17, 15) is 0 Å². The minimum Gasteiger partial charge on any atom is -0.299 e. The Bertz CT molecular complexity index is 1500. The second-order valence-electron chi connectivity index (χ2n) is 11.3. The van der Waals surface area contributed by atoms with Crippen molar-refractivity contribution in [2.75, 3.05) is 0 Å². The molecule has 5 aromatic rings. The number of nitrogens with zero attached hydrogens (tertiary/aromatic N) is 2. The molecule has 0 amide bonds. The molecule has 0 bridgehead atoms. The van der Waals surface area contributed by atoms with Gasteiger partial charge < -0.3 is 0 Å². The Labute approximate surface area is 282 Å². The first kappa shape index (κ1) is 38.4. The zero-order valence-electron chi connectivity index (χ0n) is 30.0. The number of hydrogen-bond acceptors (Lipinski definition) is 1. The second-order valence-corrected chi connectivity index (χ2v) is 13.5. The fraction of sp³-hybridized carbons (Fsp3) is 0.326. The fourth-order valence-corrected chi connectivity index (χ4v) is 8.03. The van der Waals surface area contributed by atoms with Gasteiger partial charge in [0.25, 0.3) is 0 Å². The predicted molar refractivity (Wildman–Crippen MR) is 208 cm³/mol. The Morgan fingerprint density at radius 1 is 0.717 bits per heavy atom. The number of aryl methyl sites for hydroxylation is 3. The van der Waals surface area contributed by atoms with Gasteiger partial charge in [-0.25, -0.2) is 4.98 Å². The van der Waals surface area contributed by atoms with Crippen LogP contribution in [0.3, 0.4) is 0 Å². The Morgan fingerprint density at radius 2 is 1.24 bits per heavy atom. The van der Waals surface area contributed by atoms with Crippen LogP contribution in [0.5, 0.6) is 0 Å². The van der Waals surface area contributed by atoms with Gasteiger partial charge in [-0.05, 0) is 79.7 Å². The van der Waals surface area contributed by atoms with Crippen molar-refractivity contribution in [3.63, 3.8) is 0 Å². The third-order valence-electron chi connectivity index (χ3n) is 7.93. The molecule has 1 atom stereocenters. The lowest BCUT2D eigenvalue weighted by molar-refractivity contribution is 0.734. The molecule has 0 aliphatic rings. The maximum atomic E-state index is 4.96. The molecule has 4 aromatic carbocycles. The van der Waals surface area contributed by atoms with Gasteiger partial charge in [-0.2, -0.15) is 0 Å². The van der Waals surface area contributed by atoms with Crippen LogP contribution >= 0.6 is 7.92 Å². The van der Waals surface area contributed by atoms with Crippen molar-refractivity contribution in [3.05, 3.63) is 139 Å². The molecule has 5 rings (SSSR count). The highest BCUT2D eigenvalue weighted by Crippen LogP contribution is 2.38. The third-order valence-corrected chi connectivity index (χ3v) is 10.4. The van der Waals surface area contributed by atoms with E-state index in [0.717, 1.165) is 12.2 Å². The van der Waals surface area contributed by atoms with Gasteiger partial charge in [0.2, 0.25) is 0 Å². The van der Waals surface area contributed by atoms with Crippen LogP contribution in [0.2, 0.25) is 0 Å². The Hall–Kier alpha value is -3.74. The van der Waals surface area contributed by atoms with E-state index in [1.807, 2.05) is 20.0 Å². The van der Waals surface area contributed by atoms with E-state index in [-0.39, 0.29) is 0 Å². The molecule has 1 heterocycles. The lowest BCUT2D eigenvalue weighted by atomic mass is 9.93. The van der Waals surface area contributed by atoms with Gasteiger partial charge in [-0.15, -0.1) is 13.2 Å². The largest absolute Gasteiger partial charge is 0.299 e. The van der Waals surface area contributed by atoms with Crippen molar-refractivity contribution in [3.8, 4) is 17.1 Å². The molecule has 0 aliphatic heterocycles. The Kier molecular flexibility index (Phi) is 17.0. The van der Waals surface area contributed by atoms with Crippen LogP contribution in [0.1, 0.15) is 95.4 Å². The van der Waals surface area contributed by atoms with Crippen molar-refractivity contribution in [1.82, 2.24) is 9.55 Å². The molecule has 1 aromatic heterocycles. The van der Waals surface area contributed by atoms with Gasteiger partial charge >= 0.3 is 0 Å². The van der Waals surface area contributed by atoms with Gasteiger partial charge in [0.05, 0.1) is 5.69 Å². The number of benzene rings is 4. The van der Waals surface area contributed by atoms with E-state index in [4.69, 9.17) is 4.98 Å². The Morgan fingerprint density at radius 3 is 1.70 bits per heavy atom. The first-order valence-corrected chi connectivity index (χ1v) is 18.4. The molecule has 0 spiro atoms. The maximum Gasteiger partial charge on any atom is 0.144 e. The van der Waals surface area contributed by atoms with Crippen LogP contribution in [0.25, 0.3) is 17.1 Å². The highest BCUT2D eigenvalue weighted by Gasteiger charge is 2.22. The molecule has 1 unspecified atom stereocenters. The summed E-state index contributed by atoms with van der Waals surface area (Å²) in [6.07, 6.45) is 9.22. The monoisotopic (exact) mass is 632 g/mol. The standard InChI is InChI=1S/C34H35N2P.C5H12.C2H6.C2H4/c1-6-25(3)31-18-17-30(37(28-13-9-7-10-14-28)29-15-11-8-12-16-29)23-32(31)34-35-19-20-36(34)33-26(4)21-24(2)22-27(33)5;1-3-5-4-2;2*1-2/h7-23,25H,6H2,1-5H3;3-5H2,1-2H3;1-2H3;1-2H2. The van der Waals surface area contributed by atoms with Crippen LogP contribution in [0.4, 0.5) is 0 Å². The van der Waals surface area contributed by atoms with Crippen molar-refractivity contribution in [1.29, 1.82) is 0 Å².